The summed E-state index contributed by atoms with van der Waals surface area (Å²) in [6.07, 6.45) is 3.48. The van der Waals surface area contributed by atoms with Gasteiger partial charge in [-0.2, -0.15) is 9.40 Å². The van der Waals surface area contributed by atoms with Gasteiger partial charge in [0.25, 0.3) is 0 Å². The standard InChI is InChI=1S/C18H20N6O3S/c1-27-15-4-2-5-16(14-15)28(25,26)23-12-10-22(11-13-23)17-6-7-18(21-20-17)24-9-3-8-19-24/h2-9,14H,10-13H2,1H3. The van der Waals surface area contributed by atoms with Gasteiger partial charge in [-0.15, -0.1) is 10.2 Å². The van der Waals surface area contributed by atoms with E-state index in [1.807, 2.05) is 23.1 Å². The number of aromatic nitrogens is 4. The smallest absolute Gasteiger partial charge is 0.243 e. The molecular weight excluding hydrogens is 380 g/mol. The molecule has 1 fully saturated rings. The second-order valence-corrected chi connectivity index (χ2v) is 8.21. The van der Waals surface area contributed by atoms with Gasteiger partial charge in [0, 0.05) is 44.6 Å². The van der Waals surface area contributed by atoms with Gasteiger partial charge in [-0.05, 0) is 30.3 Å². The van der Waals surface area contributed by atoms with E-state index in [9.17, 15) is 8.42 Å². The Kier molecular flexibility index (Phi) is 4.97. The molecule has 0 atom stereocenters. The molecule has 3 heterocycles. The lowest BCUT2D eigenvalue weighted by molar-refractivity contribution is 0.382. The molecule has 10 heteroatoms. The molecule has 0 unspecified atom stereocenters. The van der Waals surface area contributed by atoms with Gasteiger partial charge >= 0.3 is 0 Å². The van der Waals surface area contributed by atoms with Crippen LogP contribution in [0.15, 0.2) is 59.8 Å². The highest BCUT2D eigenvalue weighted by Gasteiger charge is 2.29. The van der Waals surface area contributed by atoms with Crippen LogP contribution in [0.1, 0.15) is 0 Å². The van der Waals surface area contributed by atoms with Crippen molar-refractivity contribution in [3.05, 3.63) is 54.9 Å². The van der Waals surface area contributed by atoms with E-state index in [4.69, 9.17) is 4.74 Å². The van der Waals surface area contributed by atoms with Crippen molar-refractivity contribution < 1.29 is 13.2 Å². The summed E-state index contributed by atoms with van der Waals surface area (Å²) in [4.78, 5) is 2.26. The summed E-state index contributed by atoms with van der Waals surface area (Å²) in [5.74, 6) is 1.87. The second-order valence-electron chi connectivity index (χ2n) is 6.27. The van der Waals surface area contributed by atoms with Crippen LogP contribution in [0.4, 0.5) is 5.82 Å². The molecule has 4 rings (SSSR count). The predicted molar refractivity (Wildman–Crippen MR) is 103 cm³/mol. The molecule has 2 aromatic heterocycles. The number of ether oxygens (including phenoxy) is 1. The molecule has 0 amide bonds. The van der Waals surface area contributed by atoms with Gasteiger partial charge in [0.15, 0.2) is 11.6 Å². The van der Waals surface area contributed by atoms with Gasteiger partial charge in [0.2, 0.25) is 10.0 Å². The maximum absolute atomic E-state index is 12.9. The van der Waals surface area contributed by atoms with Crippen LogP contribution in [-0.2, 0) is 10.0 Å². The van der Waals surface area contributed by atoms with Crippen molar-refractivity contribution >= 4 is 15.8 Å². The number of piperazine rings is 1. The Hall–Kier alpha value is -2.98. The van der Waals surface area contributed by atoms with Gasteiger partial charge in [0.1, 0.15) is 5.75 Å². The highest BCUT2D eigenvalue weighted by atomic mass is 32.2. The Morgan fingerprint density at radius 2 is 1.71 bits per heavy atom. The van der Waals surface area contributed by atoms with E-state index in [0.717, 1.165) is 0 Å². The summed E-state index contributed by atoms with van der Waals surface area (Å²) in [7, 11) is -2.04. The predicted octanol–water partition coefficient (Wildman–Crippen LogP) is 1.18. The minimum atomic E-state index is -3.56. The Balaban J connectivity index is 1.44. The van der Waals surface area contributed by atoms with Crippen LogP contribution in [0, 0.1) is 0 Å². The molecule has 0 radical (unpaired) electrons. The average Bonchev–Trinajstić information content (AvgIpc) is 3.29. The number of nitrogens with zero attached hydrogens (tertiary/aromatic N) is 6. The number of anilines is 1. The molecule has 0 bridgehead atoms. The Labute approximate surface area is 163 Å². The van der Waals surface area contributed by atoms with Crippen LogP contribution in [0.3, 0.4) is 0 Å². The first-order valence-corrected chi connectivity index (χ1v) is 10.2. The van der Waals surface area contributed by atoms with E-state index < -0.39 is 10.0 Å². The lowest BCUT2D eigenvalue weighted by Gasteiger charge is -2.34. The fourth-order valence-corrected chi connectivity index (χ4v) is 4.54. The summed E-state index contributed by atoms with van der Waals surface area (Å²) in [5, 5.41) is 12.6. The fourth-order valence-electron chi connectivity index (χ4n) is 3.08. The van der Waals surface area contributed by atoms with E-state index in [0.29, 0.717) is 43.6 Å². The zero-order chi connectivity index (χ0) is 19.6. The third kappa shape index (κ3) is 3.56. The van der Waals surface area contributed by atoms with Crippen molar-refractivity contribution in [3.63, 3.8) is 0 Å². The molecule has 1 aliphatic heterocycles. The van der Waals surface area contributed by atoms with E-state index in [1.165, 1.54) is 11.4 Å². The lowest BCUT2D eigenvalue weighted by Crippen LogP contribution is -2.49. The number of rotatable bonds is 5. The van der Waals surface area contributed by atoms with Crippen molar-refractivity contribution in [1.29, 1.82) is 0 Å². The Bertz CT molecular complexity index is 1030. The summed E-state index contributed by atoms with van der Waals surface area (Å²) in [6, 6.07) is 12.1. The minimum absolute atomic E-state index is 0.240. The van der Waals surface area contributed by atoms with E-state index >= 15 is 0 Å². The first-order chi connectivity index (χ1) is 13.6. The maximum atomic E-state index is 12.9. The minimum Gasteiger partial charge on any atom is -0.497 e. The van der Waals surface area contributed by atoms with Crippen LogP contribution in [0.5, 0.6) is 5.75 Å². The summed E-state index contributed by atoms with van der Waals surface area (Å²) in [5.41, 5.74) is 0. The molecule has 0 aliphatic carbocycles. The molecule has 9 nitrogen and oxygen atoms in total. The average molecular weight is 400 g/mol. The molecule has 146 valence electrons. The highest BCUT2D eigenvalue weighted by molar-refractivity contribution is 7.89. The van der Waals surface area contributed by atoms with Crippen LogP contribution < -0.4 is 9.64 Å². The highest BCUT2D eigenvalue weighted by Crippen LogP contribution is 2.23. The number of hydrogen-bond donors (Lipinski definition) is 0. The largest absolute Gasteiger partial charge is 0.497 e. The summed E-state index contributed by atoms with van der Waals surface area (Å²) < 4.78 is 34.0. The molecule has 3 aromatic rings. The number of benzene rings is 1. The molecule has 28 heavy (non-hydrogen) atoms. The lowest BCUT2D eigenvalue weighted by atomic mass is 10.3. The molecule has 1 aromatic carbocycles. The van der Waals surface area contributed by atoms with Crippen LogP contribution in [0.2, 0.25) is 0 Å². The van der Waals surface area contributed by atoms with Crippen LogP contribution in [-0.4, -0.2) is 66.0 Å². The second kappa shape index (κ2) is 7.56. The number of hydrogen-bond acceptors (Lipinski definition) is 7. The van der Waals surface area contributed by atoms with E-state index in [-0.39, 0.29) is 4.90 Å². The zero-order valence-electron chi connectivity index (χ0n) is 15.3. The van der Waals surface area contributed by atoms with Crippen molar-refractivity contribution in [3.8, 4) is 11.6 Å². The van der Waals surface area contributed by atoms with Crippen molar-refractivity contribution in [1.82, 2.24) is 24.3 Å². The summed E-state index contributed by atoms with van der Waals surface area (Å²) in [6.45, 7) is 1.84. The third-order valence-corrected chi connectivity index (χ3v) is 6.51. The van der Waals surface area contributed by atoms with Crippen LogP contribution in [0.25, 0.3) is 5.82 Å². The molecule has 1 aliphatic rings. The monoisotopic (exact) mass is 400 g/mol. The van der Waals surface area contributed by atoms with Crippen molar-refractivity contribution in [2.75, 3.05) is 38.2 Å². The van der Waals surface area contributed by atoms with E-state index in [2.05, 4.69) is 15.3 Å². The first kappa shape index (κ1) is 18.4. The van der Waals surface area contributed by atoms with Gasteiger partial charge in [-0.1, -0.05) is 6.07 Å². The molecule has 0 saturated carbocycles. The SMILES string of the molecule is COc1cccc(S(=O)(=O)N2CCN(c3ccc(-n4cccn4)nn3)CC2)c1. The number of sulfonamides is 1. The maximum Gasteiger partial charge on any atom is 0.243 e. The molecular formula is C18H20N6O3S. The first-order valence-electron chi connectivity index (χ1n) is 8.81. The van der Waals surface area contributed by atoms with Crippen molar-refractivity contribution in [2.45, 2.75) is 4.90 Å². The molecule has 0 spiro atoms. The van der Waals surface area contributed by atoms with Gasteiger partial charge in [0.05, 0.1) is 12.0 Å². The van der Waals surface area contributed by atoms with Crippen molar-refractivity contribution in [2.24, 2.45) is 0 Å². The van der Waals surface area contributed by atoms with Gasteiger partial charge in [-0.3, -0.25) is 0 Å². The fraction of sp³-hybridized carbons (Fsp3) is 0.278. The number of methoxy groups -OCH3 is 1. The zero-order valence-corrected chi connectivity index (χ0v) is 16.2. The van der Waals surface area contributed by atoms with Gasteiger partial charge < -0.3 is 9.64 Å². The van der Waals surface area contributed by atoms with E-state index in [1.54, 1.807) is 41.3 Å². The molecule has 1 saturated heterocycles. The molecule has 0 N–H and O–H groups in total. The Morgan fingerprint density at radius 3 is 2.36 bits per heavy atom. The quantitative estimate of drug-likeness (QED) is 0.635. The van der Waals surface area contributed by atoms with Crippen LogP contribution >= 0.6 is 0 Å². The van der Waals surface area contributed by atoms with Gasteiger partial charge in [-0.25, -0.2) is 13.1 Å². The normalized spacial score (nSPS) is 15.5. The summed E-state index contributed by atoms with van der Waals surface area (Å²) >= 11 is 0. The third-order valence-electron chi connectivity index (χ3n) is 4.62. The Morgan fingerprint density at radius 1 is 0.964 bits per heavy atom. The topological polar surface area (TPSA) is 93.5 Å².